The molecule has 14 nitrogen and oxygen atoms in total. The fourth-order valence-electron chi connectivity index (χ4n) is 2.21. The van der Waals surface area contributed by atoms with Gasteiger partial charge in [-0.3, -0.25) is 24.3 Å². The van der Waals surface area contributed by atoms with Crippen LogP contribution in [0.25, 0.3) is 0 Å². The number of aromatic nitrogens is 5. The van der Waals surface area contributed by atoms with Crippen molar-refractivity contribution in [2.24, 2.45) is 0 Å². The Balaban J connectivity index is 0.000000306. The number of carbonyl (C=O) groups excluding carboxylic acids is 1. The maximum atomic E-state index is 11.5. The van der Waals surface area contributed by atoms with Crippen molar-refractivity contribution in [1.82, 2.24) is 24.5 Å². The maximum Gasteiger partial charge on any atom is 1.00 e. The molecular formula is C13H13ClKN5O9. The standard InChI is InChI=1S/C9H11ClN2O5.C4H3N3O4.K/c10-4-2-12(9(16)11-8(4)15)7-1-5(14)6(3-13)17-7;8-2(9)1-5-3(10)7-4(11)6-1;/h2,5-7,13-14H,1,3H2,(H,11,15,16);(H,8,9)(H2,5,6,7,10,11);/q;;+1/p-1/t5-,6+,7+;;/m0../s1. The summed E-state index contributed by atoms with van der Waals surface area (Å²) in [6.07, 6.45) is -1.04. The SMILES string of the molecule is O=C([O-])c1nc(=O)[nH]c(=O)[nH]1.O=c1[nH]c(=O)n([C@H]2C[C@H](O)[C@@H](CO)O2)cc1Cl.[K+]. The number of aromatic carboxylic acids is 1. The van der Waals surface area contributed by atoms with E-state index in [4.69, 9.17) is 21.4 Å². The van der Waals surface area contributed by atoms with E-state index >= 15 is 0 Å². The van der Waals surface area contributed by atoms with E-state index in [1.54, 1.807) is 9.97 Å². The first-order chi connectivity index (χ1) is 13.1. The summed E-state index contributed by atoms with van der Waals surface area (Å²) >= 11 is 5.60. The number of carbonyl (C=O) groups is 1. The molecule has 29 heavy (non-hydrogen) atoms. The van der Waals surface area contributed by atoms with Crippen molar-refractivity contribution in [3.63, 3.8) is 0 Å². The number of hydrogen-bond acceptors (Lipinski definition) is 10. The van der Waals surface area contributed by atoms with E-state index in [-0.39, 0.29) is 69.4 Å². The zero-order valence-electron chi connectivity index (χ0n) is 14.7. The van der Waals surface area contributed by atoms with Crippen LogP contribution in [-0.2, 0) is 4.74 Å². The summed E-state index contributed by atoms with van der Waals surface area (Å²) in [6, 6.07) is 0. The predicted octanol–water partition coefficient (Wildman–Crippen LogP) is -7.34. The van der Waals surface area contributed by atoms with Crippen LogP contribution in [0.3, 0.4) is 0 Å². The number of aliphatic hydroxyl groups excluding tert-OH is 2. The molecule has 5 N–H and O–H groups in total. The number of carboxylic acid groups (broad SMARTS) is 1. The molecule has 0 aliphatic carbocycles. The van der Waals surface area contributed by atoms with Gasteiger partial charge in [0.15, 0.2) is 5.82 Å². The largest absolute Gasteiger partial charge is 1.00 e. The first-order valence-electron chi connectivity index (χ1n) is 7.49. The summed E-state index contributed by atoms with van der Waals surface area (Å²) < 4.78 is 6.35. The number of aliphatic hydroxyl groups is 2. The number of nitrogens with one attached hydrogen (secondary N) is 3. The Bertz CT molecular complexity index is 1070. The average Bonchev–Trinajstić information content (AvgIpc) is 2.98. The molecule has 3 heterocycles. The van der Waals surface area contributed by atoms with Crippen molar-refractivity contribution in [2.45, 2.75) is 24.9 Å². The second-order valence-electron chi connectivity index (χ2n) is 5.39. The summed E-state index contributed by atoms with van der Waals surface area (Å²) in [7, 11) is 0. The van der Waals surface area contributed by atoms with Crippen LogP contribution in [0.2, 0.25) is 5.02 Å². The van der Waals surface area contributed by atoms with E-state index < -0.39 is 52.9 Å². The van der Waals surface area contributed by atoms with E-state index in [2.05, 4.69) is 4.98 Å². The molecular weight excluding hydrogens is 445 g/mol. The van der Waals surface area contributed by atoms with E-state index in [1.807, 2.05) is 4.98 Å². The molecule has 1 fully saturated rings. The van der Waals surface area contributed by atoms with Crippen LogP contribution >= 0.6 is 11.6 Å². The Labute approximate surface area is 207 Å². The van der Waals surface area contributed by atoms with Gasteiger partial charge in [-0.05, 0) is 0 Å². The Morgan fingerprint density at radius 1 is 1.31 bits per heavy atom. The van der Waals surface area contributed by atoms with Crippen LogP contribution in [0.15, 0.2) is 25.4 Å². The summed E-state index contributed by atoms with van der Waals surface area (Å²) in [4.78, 5) is 61.7. The van der Waals surface area contributed by atoms with Gasteiger partial charge in [0.25, 0.3) is 5.56 Å². The number of H-pyrrole nitrogens is 3. The van der Waals surface area contributed by atoms with Gasteiger partial charge in [-0.15, -0.1) is 0 Å². The van der Waals surface area contributed by atoms with Crippen molar-refractivity contribution in [3.8, 4) is 0 Å². The fourth-order valence-corrected chi connectivity index (χ4v) is 2.37. The number of aromatic amines is 3. The van der Waals surface area contributed by atoms with Gasteiger partial charge < -0.3 is 24.9 Å². The number of ether oxygens (including phenoxy) is 1. The van der Waals surface area contributed by atoms with Crippen LogP contribution in [-0.4, -0.2) is 59.5 Å². The molecule has 3 atom stereocenters. The molecule has 1 aliphatic heterocycles. The summed E-state index contributed by atoms with van der Waals surface area (Å²) in [5.74, 6) is -2.48. The van der Waals surface area contributed by atoms with Gasteiger partial charge >= 0.3 is 68.5 Å². The summed E-state index contributed by atoms with van der Waals surface area (Å²) in [6.45, 7) is -0.344. The minimum absolute atomic E-state index is 0. The molecule has 0 unspecified atom stereocenters. The van der Waals surface area contributed by atoms with Crippen molar-refractivity contribution < 1.29 is 76.2 Å². The summed E-state index contributed by atoms with van der Waals surface area (Å²) in [5.41, 5.74) is -3.29. The molecule has 152 valence electrons. The topological polar surface area (TPSA) is 223 Å². The van der Waals surface area contributed by atoms with Crippen molar-refractivity contribution in [3.05, 3.63) is 58.9 Å². The zero-order valence-corrected chi connectivity index (χ0v) is 18.6. The van der Waals surface area contributed by atoms with E-state index in [9.17, 15) is 34.2 Å². The quantitative estimate of drug-likeness (QED) is 0.273. The number of nitrogens with zero attached hydrogens (tertiary/aromatic N) is 2. The van der Waals surface area contributed by atoms with Gasteiger partial charge in [0, 0.05) is 12.6 Å². The first-order valence-corrected chi connectivity index (χ1v) is 7.87. The van der Waals surface area contributed by atoms with Crippen LogP contribution in [0.5, 0.6) is 0 Å². The third-order valence-electron chi connectivity index (χ3n) is 3.48. The van der Waals surface area contributed by atoms with Gasteiger partial charge in [-0.25, -0.2) is 14.4 Å². The normalized spacial score (nSPS) is 20.3. The molecule has 2 aromatic heterocycles. The number of rotatable bonds is 3. The van der Waals surface area contributed by atoms with Crippen molar-refractivity contribution in [2.75, 3.05) is 6.61 Å². The maximum absolute atomic E-state index is 11.5. The number of halogens is 1. The van der Waals surface area contributed by atoms with Crippen LogP contribution in [0, 0.1) is 0 Å². The Hall–Kier alpha value is -1.43. The number of hydrogen-bond donors (Lipinski definition) is 5. The van der Waals surface area contributed by atoms with E-state index in [0.29, 0.717) is 0 Å². The predicted molar refractivity (Wildman–Crippen MR) is 87.8 cm³/mol. The molecule has 0 radical (unpaired) electrons. The third kappa shape index (κ3) is 6.80. The van der Waals surface area contributed by atoms with E-state index in [0.717, 1.165) is 10.8 Å². The molecule has 1 saturated heterocycles. The molecule has 0 aromatic carbocycles. The Morgan fingerprint density at radius 3 is 2.48 bits per heavy atom. The van der Waals surface area contributed by atoms with Crippen molar-refractivity contribution >= 4 is 17.6 Å². The summed E-state index contributed by atoms with van der Waals surface area (Å²) in [5, 5.41) is 28.3. The van der Waals surface area contributed by atoms with Crippen molar-refractivity contribution in [1.29, 1.82) is 0 Å². The van der Waals surface area contributed by atoms with Gasteiger partial charge in [-0.1, -0.05) is 11.6 Å². The average molecular weight is 458 g/mol. The van der Waals surface area contributed by atoms with E-state index in [1.165, 1.54) is 0 Å². The molecule has 1 aliphatic rings. The van der Waals surface area contributed by atoms with Crippen LogP contribution in [0.1, 0.15) is 23.3 Å². The zero-order chi connectivity index (χ0) is 21.0. The molecule has 0 spiro atoms. The van der Waals surface area contributed by atoms with Gasteiger partial charge in [0.05, 0.1) is 12.7 Å². The number of carboxylic acids is 1. The minimum atomic E-state index is -1.70. The Kier molecular flexibility index (Phi) is 9.79. The van der Waals surface area contributed by atoms with Gasteiger partial charge in [0.2, 0.25) is 0 Å². The van der Waals surface area contributed by atoms with Crippen LogP contribution < -0.4 is 79.1 Å². The molecule has 0 saturated carbocycles. The smallest absolute Gasteiger partial charge is 0.542 e. The molecule has 0 bridgehead atoms. The third-order valence-corrected chi connectivity index (χ3v) is 3.75. The monoisotopic (exact) mass is 457 g/mol. The van der Waals surface area contributed by atoms with Crippen LogP contribution in [0.4, 0.5) is 0 Å². The van der Waals surface area contributed by atoms with Gasteiger partial charge in [0.1, 0.15) is 23.3 Å². The molecule has 3 rings (SSSR count). The molecule has 0 amide bonds. The second-order valence-corrected chi connectivity index (χ2v) is 5.80. The molecule has 16 heteroatoms. The first kappa shape index (κ1) is 25.6. The molecule has 2 aromatic rings. The second kappa shape index (κ2) is 11.1. The minimum Gasteiger partial charge on any atom is -0.542 e. The fraction of sp³-hybridized carbons (Fsp3) is 0.385. The Morgan fingerprint density at radius 2 is 1.97 bits per heavy atom. The van der Waals surface area contributed by atoms with Gasteiger partial charge in [-0.2, -0.15) is 4.98 Å².